The second-order valence-electron chi connectivity index (χ2n) is 3.21. The molecule has 0 fully saturated rings. The molecule has 1 aromatic heterocycles. The Morgan fingerprint density at radius 2 is 1.82 bits per heavy atom. The lowest BCUT2D eigenvalue weighted by atomic mass is 10.3. The molecule has 0 radical (unpaired) electrons. The molecule has 0 aliphatic carbocycles. The Morgan fingerprint density at radius 3 is 2.47 bits per heavy atom. The van der Waals surface area contributed by atoms with Gasteiger partial charge in [-0.3, -0.25) is 9.78 Å². The fraction of sp³-hybridized carbons (Fsp3) is 0. The molecule has 0 saturated heterocycles. The van der Waals surface area contributed by atoms with Gasteiger partial charge < -0.3 is 0 Å². The normalized spacial score (nSPS) is 10.2. The van der Waals surface area contributed by atoms with E-state index in [-0.39, 0.29) is 0 Å². The molecule has 0 bridgehead atoms. The highest BCUT2D eigenvalue weighted by Gasteiger charge is 2.08. The van der Waals surface area contributed by atoms with E-state index >= 15 is 0 Å². The molecule has 2 aromatic rings. The molecule has 0 unspecified atom stereocenters. The Bertz CT molecular complexity index is 543. The van der Waals surface area contributed by atoms with Gasteiger partial charge in [0, 0.05) is 32.8 Å². The molecule has 1 heterocycles. The zero-order chi connectivity index (χ0) is 12.3. The molecule has 2 rings (SSSR count). The lowest BCUT2D eigenvalue weighted by Crippen LogP contribution is -1.88. The van der Waals surface area contributed by atoms with Crippen LogP contribution in [0.5, 0.6) is 0 Å². The van der Waals surface area contributed by atoms with Gasteiger partial charge in [0.2, 0.25) is 0 Å². The van der Waals surface area contributed by atoms with E-state index in [9.17, 15) is 4.79 Å². The maximum atomic E-state index is 10.9. The maximum Gasteiger partial charge on any atom is 0.152 e. The molecule has 2 nitrogen and oxygen atoms in total. The third-order valence-corrected chi connectivity index (χ3v) is 3.67. The van der Waals surface area contributed by atoms with Crippen LogP contribution in [0.2, 0.25) is 10.0 Å². The van der Waals surface area contributed by atoms with Gasteiger partial charge in [0.1, 0.15) is 0 Å². The van der Waals surface area contributed by atoms with Gasteiger partial charge in [-0.05, 0) is 24.3 Å². The maximum absolute atomic E-state index is 10.9. The SMILES string of the molecule is O=Cc1c(Cl)cncc1Sc1ccc(Cl)cc1. The van der Waals surface area contributed by atoms with E-state index in [0.717, 1.165) is 16.1 Å². The number of carbonyl (C=O) groups is 1. The minimum absolute atomic E-state index is 0.360. The van der Waals surface area contributed by atoms with Crippen molar-refractivity contribution in [2.75, 3.05) is 0 Å². The molecule has 0 spiro atoms. The molecule has 17 heavy (non-hydrogen) atoms. The molecule has 0 aliphatic heterocycles. The highest BCUT2D eigenvalue weighted by Crippen LogP contribution is 2.32. The number of halogens is 2. The van der Waals surface area contributed by atoms with Crippen LogP contribution in [0, 0.1) is 0 Å². The van der Waals surface area contributed by atoms with E-state index in [0.29, 0.717) is 15.6 Å². The quantitative estimate of drug-likeness (QED) is 0.785. The van der Waals surface area contributed by atoms with Crippen LogP contribution >= 0.6 is 35.0 Å². The average molecular weight is 284 g/mol. The summed E-state index contributed by atoms with van der Waals surface area (Å²) in [4.78, 5) is 16.6. The van der Waals surface area contributed by atoms with Crippen molar-refractivity contribution in [2.24, 2.45) is 0 Å². The Morgan fingerprint density at radius 1 is 1.12 bits per heavy atom. The van der Waals surface area contributed by atoms with Crippen LogP contribution in [0.15, 0.2) is 46.5 Å². The van der Waals surface area contributed by atoms with Crippen molar-refractivity contribution >= 4 is 41.2 Å². The lowest BCUT2D eigenvalue weighted by Gasteiger charge is -2.05. The average Bonchev–Trinajstić information content (AvgIpc) is 2.32. The summed E-state index contributed by atoms with van der Waals surface area (Å²) in [5, 5.41) is 1.04. The minimum Gasteiger partial charge on any atom is -0.298 e. The fourth-order valence-corrected chi connectivity index (χ4v) is 2.54. The first-order chi connectivity index (χ1) is 8.20. The zero-order valence-electron chi connectivity index (χ0n) is 8.56. The van der Waals surface area contributed by atoms with Gasteiger partial charge in [0.15, 0.2) is 6.29 Å². The van der Waals surface area contributed by atoms with Crippen LogP contribution in [-0.2, 0) is 0 Å². The molecule has 5 heteroatoms. The monoisotopic (exact) mass is 283 g/mol. The van der Waals surface area contributed by atoms with Crippen molar-refractivity contribution in [1.82, 2.24) is 4.98 Å². The minimum atomic E-state index is 0.360. The van der Waals surface area contributed by atoms with Gasteiger partial charge in [-0.15, -0.1) is 0 Å². The molecule has 0 atom stereocenters. The van der Waals surface area contributed by atoms with E-state index in [1.165, 1.54) is 18.0 Å². The first-order valence-electron chi connectivity index (χ1n) is 4.73. The molecule has 0 N–H and O–H groups in total. The number of carbonyl (C=O) groups excluding carboxylic acids is 1. The number of rotatable bonds is 3. The Hall–Kier alpha value is -1.03. The predicted octanol–water partition coefficient (Wildman–Crippen LogP) is 4.35. The number of nitrogens with zero attached hydrogens (tertiary/aromatic N) is 1. The third kappa shape index (κ3) is 3.00. The summed E-state index contributed by atoms with van der Waals surface area (Å²) in [5.74, 6) is 0. The number of aromatic nitrogens is 1. The topological polar surface area (TPSA) is 30.0 Å². The molecule has 0 saturated carbocycles. The molecular formula is C12H7Cl2NOS. The summed E-state index contributed by atoms with van der Waals surface area (Å²) in [7, 11) is 0. The highest BCUT2D eigenvalue weighted by molar-refractivity contribution is 7.99. The van der Waals surface area contributed by atoms with Crippen LogP contribution in [0.3, 0.4) is 0 Å². The second kappa shape index (κ2) is 5.54. The summed E-state index contributed by atoms with van der Waals surface area (Å²) in [5.41, 5.74) is 0.460. The molecule has 86 valence electrons. The van der Waals surface area contributed by atoms with Gasteiger partial charge >= 0.3 is 0 Å². The van der Waals surface area contributed by atoms with E-state index in [1.807, 2.05) is 12.1 Å². The number of hydrogen-bond donors (Lipinski definition) is 0. The second-order valence-corrected chi connectivity index (χ2v) is 5.17. The van der Waals surface area contributed by atoms with E-state index in [1.54, 1.807) is 18.3 Å². The Labute approximate surface area is 113 Å². The molecule has 0 amide bonds. The lowest BCUT2D eigenvalue weighted by molar-refractivity contribution is 0.112. The predicted molar refractivity (Wildman–Crippen MR) is 70.2 cm³/mol. The van der Waals surface area contributed by atoms with Crippen LogP contribution in [-0.4, -0.2) is 11.3 Å². The zero-order valence-corrected chi connectivity index (χ0v) is 10.9. The molecular weight excluding hydrogens is 277 g/mol. The van der Waals surface area contributed by atoms with E-state index in [4.69, 9.17) is 23.2 Å². The van der Waals surface area contributed by atoms with Crippen molar-refractivity contribution in [3.05, 3.63) is 52.3 Å². The number of pyridine rings is 1. The van der Waals surface area contributed by atoms with Gasteiger partial charge in [0.25, 0.3) is 0 Å². The molecule has 0 aliphatic rings. The van der Waals surface area contributed by atoms with Crippen molar-refractivity contribution in [3.63, 3.8) is 0 Å². The smallest absolute Gasteiger partial charge is 0.152 e. The first kappa shape index (κ1) is 12.4. The summed E-state index contributed by atoms with van der Waals surface area (Å²) >= 11 is 13.1. The van der Waals surface area contributed by atoms with Gasteiger partial charge in [0.05, 0.1) is 5.02 Å². The van der Waals surface area contributed by atoms with Crippen molar-refractivity contribution in [2.45, 2.75) is 9.79 Å². The van der Waals surface area contributed by atoms with Crippen LogP contribution in [0.25, 0.3) is 0 Å². The van der Waals surface area contributed by atoms with Crippen molar-refractivity contribution in [3.8, 4) is 0 Å². The van der Waals surface area contributed by atoms with Gasteiger partial charge in [-0.1, -0.05) is 35.0 Å². The van der Waals surface area contributed by atoms with E-state index in [2.05, 4.69) is 4.98 Å². The van der Waals surface area contributed by atoms with Crippen LogP contribution in [0.4, 0.5) is 0 Å². The van der Waals surface area contributed by atoms with Crippen molar-refractivity contribution in [1.29, 1.82) is 0 Å². The van der Waals surface area contributed by atoms with Gasteiger partial charge in [-0.2, -0.15) is 0 Å². The van der Waals surface area contributed by atoms with Crippen LogP contribution in [0.1, 0.15) is 10.4 Å². The summed E-state index contributed by atoms with van der Waals surface area (Å²) < 4.78 is 0. The van der Waals surface area contributed by atoms with Crippen LogP contribution < -0.4 is 0 Å². The van der Waals surface area contributed by atoms with E-state index < -0.39 is 0 Å². The highest BCUT2D eigenvalue weighted by atomic mass is 35.5. The first-order valence-corrected chi connectivity index (χ1v) is 6.30. The van der Waals surface area contributed by atoms with Crippen molar-refractivity contribution < 1.29 is 4.79 Å². The summed E-state index contributed by atoms with van der Waals surface area (Å²) in [6.07, 6.45) is 3.81. The number of aldehydes is 1. The number of hydrogen-bond acceptors (Lipinski definition) is 3. The molecule has 1 aromatic carbocycles. The Kier molecular flexibility index (Phi) is 4.05. The Balaban J connectivity index is 2.33. The third-order valence-electron chi connectivity index (χ3n) is 2.06. The van der Waals surface area contributed by atoms with Gasteiger partial charge in [-0.25, -0.2) is 0 Å². The largest absolute Gasteiger partial charge is 0.298 e. The standard InChI is InChI=1S/C12H7Cl2NOS/c13-8-1-3-9(4-2-8)17-12-6-15-5-11(14)10(12)7-16/h1-7H. The summed E-state index contributed by atoms with van der Waals surface area (Å²) in [6, 6.07) is 7.34. The summed E-state index contributed by atoms with van der Waals surface area (Å²) in [6.45, 7) is 0. The fourth-order valence-electron chi connectivity index (χ4n) is 1.25. The number of benzene rings is 1.